The van der Waals surface area contributed by atoms with Gasteiger partial charge in [-0.2, -0.15) is 0 Å². The van der Waals surface area contributed by atoms with Crippen molar-refractivity contribution in [2.24, 2.45) is 0 Å². The lowest BCUT2D eigenvalue weighted by Gasteiger charge is -2.18. The number of carbonyl (C=O) groups is 3. The topological polar surface area (TPSA) is 78.9 Å². The largest absolute Gasteiger partial charge is 0.462 e. The monoisotopic (exact) mass is 793 g/mol. The minimum absolute atomic E-state index is 0.105. The molecule has 0 aromatic heterocycles. The summed E-state index contributed by atoms with van der Waals surface area (Å²) in [5.74, 6) is -1.00. The van der Waals surface area contributed by atoms with Gasteiger partial charge in [-0.3, -0.25) is 14.4 Å². The molecule has 1 atom stereocenters. The van der Waals surface area contributed by atoms with Crippen molar-refractivity contribution in [1.82, 2.24) is 0 Å². The molecule has 0 aliphatic carbocycles. The molecule has 0 saturated carbocycles. The van der Waals surface area contributed by atoms with Crippen LogP contribution in [0, 0.1) is 0 Å². The molecule has 0 aromatic rings. The number of unbranched alkanes of at least 4 members (excludes halogenated alkanes) is 16. The van der Waals surface area contributed by atoms with Gasteiger partial charge in [0.2, 0.25) is 0 Å². The van der Waals surface area contributed by atoms with Gasteiger partial charge in [0.1, 0.15) is 13.2 Å². The Morgan fingerprint density at radius 1 is 0.386 bits per heavy atom. The normalized spacial score (nSPS) is 12.8. The number of carbonyl (C=O) groups excluding carboxylic acids is 3. The second-order valence-corrected chi connectivity index (χ2v) is 15.0. The van der Waals surface area contributed by atoms with Crippen molar-refractivity contribution in [3.8, 4) is 0 Å². The molecule has 6 heteroatoms. The number of esters is 3. The van der Waals surface area contributed by atoms with E-state index in [1.54, 1.807) is 0 Å². The summed E-state index contributed by atoms with van der Waals surface area (Å²) in [5.41, 5.74) is 0. The molecule has 0 saturated heterocycles. The molecule has 1 unspecified atom stereocenters. The number of hydrogen-bond acceptors (Lipinski definition) is 6. The first-order valence-corrected chi connectivity index (χ1v) is 23.1. The van der Waals surface area contributed by atoms with Crippen molar-refractivity contribution in [1.29, 1.82) is 0 Å². The fourth-order valence-electron chi connectivity index (χ4n) is 5.92. The molecule has 0 bridgehead atoms. The highest BCUT2D eigenvalue weighted by atomic mass is 16.6. The minimum Gasteiger partial charge on any atom is -0.462 e. The van der Waals surface area contributed by atoms with Crippen molar-refractivity contribution >= 4 is 17.9 Å². The van der Waals surface area contributed by atoms with Crippen LogP contribution in [0.25, 0.3) is 0 Å². The first-order chi connectivity index (χ1) is 28.0. The second-order valence-electron chi connectivity index (χ2n) is 15.0. The van der Waals surface area contributed by atoms with Gasteiger partial charge in [-0.05, 0) is 77.0 Å². The van der Waals surface area contributed by atoms with Crippen LogP contribution >= 0.6 is 0 Å². The van der Waals surface area contributed by atoms with Crippen LogP contribution in [0.1, 0.15) is 201 Å². The summed E-state index contributed by atoms with van der Waals surface area (Å²) in [6.07, 6.45) is 57.1. The van der Waals surface area contributed by atoms with Gasteiger partial charge in [-0.15, -0.1) is 0 Å². The lowest BCUT2D eigenvalue weighted by molar-refractivity contribution is -0.167. The molecule has 0 rings (SSSR count). The van der Waals surface area contributed by atoms with Crippen LogP contribution in [0.15, 0.2) is 85.1 Å². The molecule has 0 radical (unpaired) electrons. The zero-order chi connectivity index (χ0) is 41.5. The van der Waals surface area contributed by atoms with Crippen LogP contribution in [-0.2, 0) is 28.6 Å². The van der Waals surface area contributed by atoms with Crippen molar-refractivity contribution in [2.45, 2.75) is 207 Å². The van der Waals surface area contributed by atoms with Crippen molar-refractivity contribution in [3.05, 3.63) is 85.1 Å². The van der Waals surface area contributed by atoms with E-state index in [2.05, 4.69) is 106 Å². The van der Waals surface area contributed by atoms with Crippen LogP contribution in [0.3, 0.4) is 0 Å². The smallest absolute Gasteiger partial charge is 0.306 e. The van der Waals surface area contributed by atoms with Crippen LogP contribution in [0.4, 0.5) is 0 Å². The molecule has 324 valence electrons. The van der Waals surface area contributed by atoms with Gasteiger partial charge >= 0.3 is 17.9 Å². The third-order valence-electron chi connectivity index (χ3n) is 9.41. The maximum Gasteiger partial charge on any atom is 0.306 e. The molecule has 0 amide bonds. The highest BCUT2D eigenvalue weighted by Gasteiger charge is 2.19. The summed E-state index contributed by atoms with van der Waals surface area (Å²) in [4.78, 5) is 37.7. The predicted molar refractivity (Wildman–Crippen MR) is 242 cm³/mol. The van der Waals surface area contributed by atoms with Gasteiger partial charge in [0, 0.05) is 19.3 Å². The molecule has 0 N–H and O–H groups in total. The quantitative estimate of drug-likeness (QED) is 0.0202. The summed E-state index contributed by atoms with van der Waals surface area (Å²) < 4.78 is 16.6. The summed E-state index contributed by atoms with van der Waals surface area (Å²) in [6, 6.07) is 0. The molecule has 57 heavy (non-hydrogen) atoms. The van der Waals surface area contributed by atoms with E-state index in [1.807, 2.05) is 0 Å². The third-order valence-corrected chi connectivity index (χ3v) is 9.41. The van der Waals surface area contributed by atoms with Gasteiger partial charge in [-0.25, -0.2) is 0 Å². The molecule has 6 nitrogen and oxygen atoms in total. The lowest BCUT2D eigenvalue weighted by Crippen LogP contribution is -2.30. The maximum atomic E-state index is 12.7. The Hall–Kier alpha value is -3.41. The minimum atomic E-state index is -0.809. The zero-order valence-electron chi connectivity index (χ0n) is 36.8. The first kappa shape index (κ1) is 53.6. The Labute approximate surface area is 350 Å². The van der Waals surface area contributed by atoms with Gasteiger partial charge in [-0.1, -0.05) is 189 Å². The van der Waals surface area contributed by atoms with Crippen LogP contribution in [-0.4, -0.2) is 37.2 Å². The second kappa shape index (κ2) is 45.3. The lowest BCUT2D eigenvalue weighted by atomic mass is 10.1. The van der Waals surface area contributed by atoms with E-state index in [9.17, 15) is 14.4 Å². The van der Waals surface area contributed by atoms with Crippen molar-refractivity contribution in [3.63, 3.8) is 0 Å². The molecular formula is C51H84O6. The summed E-state index contributed by atoms with van der Waals surface area (Å²) >= 11 is 0. The number of rotatable bonds is 40. The Balaban J connectivity index is 4.50. The molecule has 0 heterocycles. The van der Waals surface area contributed by atoms with E-state index >= 15 is 0 Å². The van der Waals surface area contributed by atoms with Crippen LogP contribution in [0.2, 0.25) is 0 Å². The molecule has 0 aliphatic rings. The summed E-state index contributed by atoms with van der Waals surface area (Å²) in [7, 11) is 0. The van der Waals surface area contributed by atoms with Gasteiger partial charge in [0.25, 0.3) is 0 Å². The maximum absolute atomic E-state index is 12.7. The number of hydrogen-bond donors (Lipinski definition) is 0. The van der Waals surface area contributed by atoms with E-state index in [0.29, 0.717) is 12.8 Å². The Morgan fingerprint density at radius 3 is 1.28 bits per heavy atom. The molecular weight excluding hydrogens is 709 g/mol. The van der Waals surface area contributed by atoms with Crippen LogP contribution < -0.4 is 0 Å². The van der Waals surface area contributed by atoms with E-state index < -0.39 is 6.10 Å². The molecule has 0 aromatic carbocycles. The summed E-state index contributed by atoms with van der Waals surface area (Å²) in [6.45, 7) is 6.37. The predicted octanol–water partition coefficient (Wildman–Crippen LogP) is 14.9. The first-order valence-electron chi connectivity index (χ1n) is 23.1. The van der Waals surface area contributed by atoms with Crippen LogP contribution in [0.5, 0.6) is 0 Å². The Bertz CT molecular complexity index is 1140. The van der Waals surface area contributed by atoms with E-state index in [4.69, 9.17) is 14.2 Å². The Kier molecular flexibility index (Phi) is 42.6. The standard InChI is InChI=1S/C51H84O6/c1-4-7-10-13-16-19-22-23-24-25-26-27-30-32-35-38-41-44-50(53)56-47-48(57-51(54)45-42-39-36-33-29-21-18-15-12-9-6-3)46-55-49(52)43-40-37-34-31-28-20-17-14-11-8-5-2/h7,10,15-16,18-19,21,23-24,26-27,29,32,35,48H,4-6,8-9,11-14,17,20,22,25,28,30-31,33-34,36-47H2,1-3H3/b10-7-,18-15-,19-16-,24-23-,27-26-,29-21-,35-32-. The zero-order valence-corrected chi connectivity index (χ0v) is 36.8. The highest BCUT2D eigenvalue weighted by Crippen LogP contribution is 2.13. The highest BCUT2D eigenvalue weighted by molar-refractivity contribution is 5.71. The van der Waals surface area contributed by atoms with Gasteiger partial charge in [0.05, 0.1) is 0 Å². The van der Waals surface area contributed by atoms with E-state index in [1.165, 1.54) is 64.2 Å². The fourth-order valence-corrected chi connectivity index (χ4v) is 5.92. The number of allylic oxidation sites excluding steroid dienone is 14. The molecule has 0 aliphatic heterocycles. The average Bonchev–Trinajstić information content (AvgIpc) is 3.21. The average molecular weight is 793 g/mol. The number of ether oxygens (including phenoxy) is 3. The van der Waals surface area contributed by atoms with E-state index in [-0.39, 0.29) is 44.0 Å². The third kappa shape index (κ3) is 43.6. The van der Waals surface area contributed by atoms with Gasteiger partial charge in [0.15, 0.2) is 6.10 Å². The SMILES string of the molecule is CC/C=C\C/C=C\C/C=C\C/C=C\C/C=C\CCCC(=O)OCC(COC(=O)CCCCCCCCCCCCC)OC(=O)CCCCC/C=C\C=C/CCCC. The van der Waals surface area contributed by atoms with Crippen molar-refractivity contribution in [2.75, 3.05) is 13.2 Å². The summed E-state index contributed by atoms with van der Waals surface area (Å²) in [5, 5.41) is 0. The van der Waals surface area contributed by atoms with Crippen molar-refractivity contribution < 1.29 is 28.6 Å². The van der Waals surface area contributed by atoms with Gasteiger partial charge < -0.3 is 14.2 Å². The fraction of sp³-hybridized carbons (Fsp3) is 0.667. The molecule has 0 spiro atoms. The Morgan fingerprint density at radius 2 is 0.772 bits per heavy atom. The molecule has 0 fully saturated rings. The van der Waals surface area contributed by atoms with E-state index in [0.717, 1.165) is 89.9 Å².